The van der Waals surface area contributed by atoms with Crippen molar-refractivity contribution in [2.45, 2.75) is 0 Å². The predicted molar refractivity (Wildman–Crippen MR) is 61.2 cm³/mol. The number of rotatable bonds is 4. The SMILES string of the molecule is COC(=O)CNc1cc(Br)cc(OC)c1. The van der Waals surface area contributed by atoms with E-state index in [-0.39, 0.29) is 12.5 Å². The fraction of sp³-hybridized carbons (Fsp3) is 0.300. The van der Waals surface area contributed by atoms with E-state index < -0.39 is 0 Å². The molecule has 0 unspecified atom stereocenters. The van der Waals surface area contributed by atoms with Gasteiger partial charge < -0.3 is 14.8 Å². The molecule has 0 radical (unpaired) electrons. The van der Waals surface area contributed by atoms with E-state index in [4.69, 9.17) is 4.74 Å². The van der Waals surface area contributed by atoms with E-state index in [0.717, 1.165) is 15.9 Å². The van der Waals surface area contributed by atoms with Gasteiger partial charge in [0.05, 0.1) is 14.2 Å². The van der Waals surface area contributed by atoms with Crippen LogP contribution >= 0.6 is 15.9 Å². The fourth-order valence-electron chi connectivity index (χ4n) is 1.03. The maximum atomic E-state index is 10.9. The fourth-order valence-corrected chi connectivity index (χ4v) is 1.50. The van der Waals surface area contributed by atoms with Gasteiger partial charge in [-0.05, 0) is 12.1 Å². The summed E-state index contributed by atoms with van der Waals surface area (Å²) >= 11 is 3.34. The predicted octanol–water partition coefficient (Wildman–Crippen LogP) is 2.04. The Morgan fingerprint density at radius 1 is 1.40 bits per heavy atom. The molecule has 0 saturated heterocycles. The first kappa shape index (κ1) is 11.8. The van der Waals surface area contributed by atoms with Crippen molar-refractivity contribution in [1.29, 1.82) is 0 Å². The zero-order chi connectivity index (χ0) is 11.3. The third kappa shape index (κ3) is 3.79. The van der Waals surface area contributed by atoms with Crippen molar-refractivity contribution in [3.63, 3.8) is 0 Å². The van der Waals surface area contributed by atoms with Gasteiger partial charge in [-0.1, -0.05) is 15.9 Å². The minimum Gasteiger partial charge on any atom is -0.497 e. The van der Waals surface area contributed by atoms with Crippen LogP contribution in [0.2, 0.25) is 0 Å². The number of benzene rings is 1. The lowest BCUT2D eigenvalue weighted by molar-refractivity contribution is -0.138. The van der Waals surface area contributed by atoms with Crippen LogP contribution in [0.4, 0.5) is 5.69 Å². The normalized spacial score (nSPS) is 9.53. The van der Waals surface area contributed by atoms with Gasteiger partial charge in [0.1, 0.15) is 12.3 Å². The summed E-state index contributed by atoms with van der Waals surface area (Å²) in [4.78, 5) is 10.9. The van der Waals surface area contributed by atoms with Crippen LogP contribution in [0.15, 0.2) is 22.7 Å². The van der Waals surface area contributed by atoms with Gasteiger partial charge >= 0.3 is 5.97 Å². The van der Waals surface area contributed by atoms with Crippen LogP contribution < -0.4 is 10.1 Å². The first-order chi connectivity index (χ1) is 7.15. The second-order valence-electron chi connectivity index (χ2n) is 2.81. The number of methoxy groups -OCH3 is 2. The minimum atomic E-state index is -0.311. The quantitative estimate of drug-likeness (QED) is 0.853. The molecule has 0 heterocycles. The highest BCUT2D eigenvalue weighted by atomic mass is 79.9. The van der Waals surface area contributed by atoms with Crippen molar-refractivity contribution in [2.24, 2.45) is 0 Å². The summed E-state index contributed by atoms with van der Waals surface area (Å²) in [5.74, 6) is 0.408. The molecule has 0 amide bonds. The van der Waals surface area contributed by atoms with E-state index in [1.165, 1.54) is 7.11 Å². The number of esters is 1. The number of hydrogen-bond donors (Lipinski definition) is 1. The molecule has 1 aromatic carbocycles. The average molecular weight is 274 g/mol. The second-order valence-corrected chi connectivity index (χ2v) is 3.73. The van der Waals surface area contributed by atoms with Crippen LogP contribution in [0.25, 0.3) is 0 Å². The number of carbonyl (C=O) groups excluding carboxylic acids is 1. The van der Waals surface area contributed by atoms with Crippen molar-refractivity contribution < 1.29 is 14.3 Å². The summed E-state index contributed by atoms with van der Waals surface area (Å²) in [6.07, 6.45) is 0. The number of ether oxygens (including phenoxy) is 2. The smallest absolute Gasteiger partial charge is 0.325 e. The molecule has 1 rings (SSSR count). The summed E-state index contributed by atoms with van der Waals surface area (Å²) in [5.41, 5.74) is 0.798. The van der Waals surface area contributed by atoms with Crippen molar-refractivity contribution in [1.82, 2.24) is 0 Å². The lowest BCUT2D eigenvalue weighted by Gasteiger charge is -2.07. The molecule has 0 spiro atoms. The molecule has 1 aromatic rings. The van der Waals surface area contributed by atoms with Crippen LogP contribution in [0, 0.1) is 0 Å². The molecule has 1 N–H and O–H groups in total. The lowest BCUT2D eigenvalue weighted by atomic mass is 10.3. The molecule has 5 heteroatoms. The largest absolute Gasteiger partial charge is 0.497 e. The van der Waals surface area contributed by atoms with Crippen LogP contribution in [-0.2, 0) is 9.53 Å². The van der Waals surface area contributed by atoms with Gasteiger partial charge in [0.2, 0.25) is 0 Å². The number of carbonyl (C=O) groups is 1. The van der Waals surface area contributed by atoms with Crippen molar-refractivity contribution in [2.75, 3.05) is 26.1 Å². The molecule has 0 aromatic heterocycles. The van der Waals surface area contributed by atoms with Crippen molar-refractivity contribution in [3.05, 3.63) is 22.7 Å². The maximum Gasteiger partial charge on any atom is 0.325 e. The molecule has 15 heavy (non-hydrogen) atoms. The van der Waals surface area contributed by atoms with E-state index in [2.05, 4.69) is 26.0 Å². The van der Waals surface area contributed by atoms with E-state index in [1.807, 2.05) is 12.1 Å². The standard InChI is InChI=1S/C10H12BrNO3/c1-14-9-4-7(11)3-8(5-9)12-6-10(13)15-2/h3-5,12H,6H2,1-2H3. The van der Waals surface area contributed by atoms with Gasteiger partial charge in [0, 0.05) is 16.2 Å². The van der Waals surface area contributed by atoms with Crippen LogP contribution in [0.3, 0.4) is 0 Å². The average Bonchev–Trinajstić information content (AvgIpc) is 2.25. The van der Waals surface area contributed by atoms with Gasteiger partial charge in [0.15, 0.2) is 0 Å². The van der Waals surface area contributed by atoms with Gasteiger partial charge in [-0.3, -0.25) is 4.79 Å². The van der Waals surface area contributed by atoms with Gasteiger partial charge in [-0.25, -0.2) is 0 Å². The van der Waals surface area contributed by atoms with Gasteiger partial charge in [0.25, 0.3) is 0 Å². The first-order valence-electron chi connectivity index (χ1n) is 4.31. The topological polar surface area (TPSA) is 47.6 Å². The molecular weight excluding hydrogens is 262 g/mol. The summed E-state index contributed by atoms with van der Waals surface area (Å²) < 4.78 is 10.5. The Bertz CT molecular complexity index is 355. The highest BCUT2D eigenvalue weighted by molar-refractivity contribution is 9.10. The Hall–Kier alpha value is -1.23. The summed E-state index contributed by atoms with van der Waals surface area (Å²) in [6, 6.07) is 5.49. The molecular formula is C10H12BrNO3. The molecule has 0 aliphatic rings. The summed E-state index contributed by atoms with van der Waals surface area (Å²) in [7, 11) is 2.94. The first-order valence-corrected chi connectivity index (χ1v) is 5.10. The molecule has 0 fully saturated rings. The van der Waals surface area contributed by atoms with Gasteiger partial charge in [-0.2, -0.15) is 0 Å². The second kappa shape index (κ2) is 5.60. The molecule has 0 bridgehead atoms. The third-order valence-electron chi connectivity index (χ3n) is 1.77. The highest BCUT2D eigenvalue weighted by Gasteiger charge is 2.02. The summed E-state index contributed by atoms with van der Waals surface area (Å²) in [5, 5.41) is 2.93. The maximum absolute atomic E-state index is 10.9. The molecule has 0 aliphatic heterocycles. The Morgan fingerprint density at radius 3 is 2.73 bits per heavy atom. The zero-order valence-electron chi connectivity index (χ0n) is 8.54. The van der Waals surface area contributed by atoms with E-state index in [0.29, 0.717) is 0 Å². The Labute approximate surface area is 96.7 Å². The van der Waals surface area contributed by atoms with Crippen LogP contribution in [0.1, 0.15) is 0 Å². The third-order valence-corrected chi connectivity index (χ3v) is 2.23. The van der Waals surface area contributed by atoms with Crippen molar-refractivity contribution >= 4 is 27.6 Å². The van der Waals surface area contributed by atoms with Crippen LogP contribution in [-0.4, -0.2) is 26.7 Å². The Morgan fingerprint density at radius 2 is 2.13 bits per heavy atom. The van der Waals surface area contributed by atoms with Gasteiger partial charge in [-0.15, -0.1) is 0 Å². The summed E-state index contributed by atoms with van der Waals surface area (Å²) in [6.45, 7) is 0.135. The van der Waals surface area contributed by atoms with E-state index >= 15 is 0 Å². The Kier molecular flexibility index (Phi) is 4.42. The molecule has 4 nitrogen and oxygen atoms in total. The molecule has 0 aliphatic carbocycles. The highest BCUT2D eigenvalue weighted by Crippen LogP contribution is 2.24. The van der Waals surface area contributed by atoms with E-state index in [1.54, 1.807) is 13.2 Å². The Balaban J connectivity index is 2.68. The van der Waals surface area contributed by atoms with Crippen LogP contribution in [0.5, 0.6) is 5.75 Å². The molecule has 0 saturated carbocycles. The molecule has 0 atom stereocenters. The molecule has 82 valence electrons. The zero-order valence-corrected chi connectivity index (χ0v) is 10.1. The monoisotopic (exact) mass is 273 g/mol. The minimum absolute atomic E-state index is 0.135. The lowest BCUT2D eigenvalue weighted by Crippen LogP contribution is -2.14. The van der Waals surface area contributed by atoms with E-state index in [9.17, 15) is 4.79 Å². The number of nitrogens with one attached hydrogen (secondary N) is 1. The number of halogens is 1. The van der Waals surface area contributed by atoms with Crippen molar-refractivity contribution in [3.8, 4) is 5.75 Å². The number of hydrogen-bond acceptors (Lipinski definition) is 4. The number of anilines is 1.